The lowest BCUT2D eigenvalue weighted by Crippen LogP contribution is -2.23. The van der Waals surface area contributed by atoms with Crippen LogP contribution in [0.25, 0.3) is 0 Å². The topological polar surface area (TPSA) is 3.24 Å². The van der Waals surface area contributed by atoms with Gasteiger partial charge in [-0.1, -0.05) is 141 Å². The summed E-state index contributed by atoms with van der Waals surface area (Å²) in [5, 5.41) is 0. The van der Waals surface area contributed by atoms with E-state index in [0.717, 1.165) is 0 Å². The number of benzene rings is 7. The lowest BCUT2D eigenvalue weighted by Gasteiger charge is -2.31. The van der Waals surface area contributed by atoms with Gasteiger partial charge in [0.15, 0.2) is 0 Å². The maximum atomic E-state index is 2.59. The molecule has 13 rings (SSSR count). The second-order valence-electron chi connectivity index (χ2n) is 17.1. The normalized spacial score (nSPS) is 29.1. The van der Waals surface area contributed by atoms with Crippen LogP contribution >= 0.6 is 0 Å². The Hall–Kier alpha value is -5.66. The van der Waals surface area contributed by atoms with Gasteiger partial charge in [-0.15, -0.1) is 0 Å². The fourth-order valence-corrected chi connectivity index (χ4v) is 13.6. The lowest BCUT2D eigenvalue weighted by molar-refractivity contribution is 0.288. The van der Waals surface area contributed by atoms with Crippen LogP contribution in [-0.4, -0.2) is 0 Å². The van der Waals surface area contributed by atoms with E-state index in [4.69, 9.17) is 0 Å². The minimum absolute atomic E-state index is 0.0927. The summed E-state index contributed by atoms with van der Waals surface area (Å²) in [6, 6.07) is 63.3. The quantitative estimate of drug-likeness (QED) is 0.180. The number of anilines is 3. The fourth-order valence-electron chi connectivity index (χ4n) is 13.6. The summed E-state index contributed by atoms with van der Waals surface area (Å²) in [7, 11) is 0. The van der Waals surface area contributed by atoms with E-state index in [9.17, 15) is 0 Å². The molecule has 0 aromatic heterocycles. The van der Waals surface area contributed by atoms with E-state index >= 15 is 0 Å². The molecule has 0 fully saturated rings. The summed E-state index contributed by atoms with van der Waals surface area (Å²) in [5.41, 5.74) is 22.1. The molecular formula is C52H39N. The smallest absolute Gasteiger partial charge is 0.0464 e. The molecule has 0 spiro atoms. The molecule has 0 aliphatic heterocycles. The number of fused-ring (bicyclic) bond motifs is 18. The molecule has 53 heavy (non-hydrogen) atoms. The minimum atomic E-state index is 0.0927. The van der Waals surface area contributed by atoms with E-state index in [1.54, 1.807) is 0 Å². The summed E-state index contributed by atoms with van der Waals surface area (Å²) in [4.78, 5) is 2.53. The van der Waals surface area contributed by atoms with Gasteiger partial charge in [0.25, 0.3) is 0 Å². The van der Waals surface area contributed by atoms with E-state index in [1.807, 2.05) is 0 Å². The summed E-state index contributed by atoms with van der Waals surface area (Å²) in [6.07, 6.45) is 0. The molecule has 0 amide bonds. The first kappa shape index (κ1) is 28.9. The predicted molar refractivity (Wildman–Crippen MR) is 214 cm³/mol. The average Bonchev–Trinajstić information content (AvgIpc) is 3.93. The van der Waals surface area contributed by atoms with Crippen LogP contribution in [0.1, 0.15) is 116 Å². The van der Waals surface area contributed by atoms with Gasteiger partial charge in [-0.3, -0.25) is 0 Å². The average molecular weight is 678 g/mol. The molecule has 0 N–H and O–H groups in total. The van der Waals surface area contributed by atoms with Crippen molar-refractivity contribution < 1.29 is 0 Å². The maximum absolute atomic E-state index is 2.59. The van der Waals surface area contributed by atoms with Crippen LogP contribution in [0.5, 0.6) is 0 Å². The summed E-state index contributed by atoms with van der Waals surface area (Å²) < 4.78 is 0. The van der Waals surface area contributed by atoms with Crippen LogP contribution < -0.4 is 4.90 Å². The number of hydrogen-bond acceptors (Lipinski definition) is 1. The molecule has 8 atom stereocenters. The molecule has 7 aromatic carbocycles. The Bertz CT molecular complexity index is 2540. The Labute approximate surface area is 311 Å². The van der Waals surface area contributed by atoms with Crippen LogP contribution in [0.4, 0.5) is 17.1 Å². The van der Waals surface area contributed by atoms with Crippen molar-refractivity contribution in [3.8, 4) is 0 Å². The Balaban J connectivity index is 1.02. The first-order valence-corrected chi connectivity index (χ1v) is 19.6. The monoisotopic (exact) mass is 677 g/mol. The molecule has 1 heteroatoms. The van der Waals surface area contributed by atoms with Gasteiger partial charge in [0.05, 0.1) is 0 Å². The highest BCUT2D eigenvalue weighted by Crippen LogP contribution is 2.77. The highest BCUT2D eigenvalue weighted by molar-refractivity contribution is 5.81. The number of hydrogen-bond donors (Lipinski definition) is 0. The first-order valence-electron chi connectivity index (χ1n) is 19.6. The van der Waals surface area contributed by atoms with Gasteiger partial charge in [0, 0.05) is 63.4 Å². The largest absolute Gasteiger partial charge is 0.310 e. The van der Waals surface area contributed by atoms with Gasteiger partial charge in [0.1, 0.15) is 0 Å². The second-order valence-corrected chi connectivity index (χ2v) is 17.1. The zero-order valence-corrected chi connectivity index (χ0v) is 30.0. The molecule has 1 nitrogen and oxygen atoms in total. The third-order valence-corrected chi connectivity index (χ3v) is 15.1. The third-order valence-electron chi connectivity index (χ3n) is 15.1. The van der Waals surface area contributed by atoms with Gasteiger partial charge in [-0.2, -0.15) is 0 Å². The zero-order valence-electron chi connectivity index (χ0n) is 30.0. The molecule has 252 valence electrons. The van der Waals surface area contributed by atoms with E-state index in [1.165, 1.54) is 83.8 Å². The molecule has 6 aliphatic rings. The van der Waals surface area contributed by atoms with Crippen molar-refractivity contribution in [2.45, 2.75) is 49.4 Å². The van der Waals surface area contributed by atoms with Crippen molar-refractivity contribution in [1.82, 2.24) is 0 Å². The van der Waals surface area contributed by atoms with Crippen LogP contribution in [0.3, 0.4) is 0 Å². The SMILES string of the molecule is CC12C3c4ccccc4C1c1ccc(N(c4ccccc4)c4ccc5c(c4)C4c6ccccc6C6c7ccccc7C5C64C)cc1C2c1ccccc13. The molecule has 0 saturated carbocycles. The van der Waals surface area contributed by atoms with Crippen LogP contribution in [0, 0.1) is 10.8 Å². The lowest BCUT2D eigenvalue weighted by atomic mass is 9.70. The molecule has 7 aromatic rings. The van der Waals surface area contributed by atoms with Crippen molar-refractivity contribution in [3.05, 3.63) is 231 Å². The third kappa shape index (κ3) is 3.21. The van der Waals surface area contributed by atoms with E-state index < -0.39 is 0 Å². The highest BCUT2D eigenvalue weighted by Gasteiger charge is 2.66. The van der Waals surface area contributed by atoms with Gasteiger partial charge in [0.2, 0.25) is 0 Å². The second kappa shape index (κ2) is 9.65. The number of nitrogens with zero attached hydrogens (tertiary/aromatic N) is 1. The van der Waals surface area contributed by atoms with Crippen LogP contribution in [0.2, 0.25) is 0 Å². The summed E-state index contributed by atoms with van der Waals surface area (Å²) in [6.45, 7) is 5.18. The van der Waals surface area contributed by atoms with Crippen molar-refractivity contribution >= 4 is 17.1 Å². The Kier molecular flexibility index (Phi) is 5.26. The summed E-state index contributed by atoms with van der Waals surface area (Å²) >= 11 is 0. The molecule has 6 aliphatic carbocycles. The first-order chi connectivity index (χ1) is 26.1. The molecule has 0 heterocycles. The molecule has 0 radical (unpaired) electrons. The summed E-state index contributed by atoms with van der Waals surface area (Å²) in [5.74, 6) is 2.36. The Morgan fingerprint density at radius 3 is 0.868 bits per heavy atom. The van der Waals surface area contributed by atoms with Gasteiger partial charge in [-0.05, 0) is 103 Å². The van der Waals surface area contributed by atoms with Crippen LogP contribution in [0.15, 0.2) is 164 Å². The van der Waals surface area contributed by atoms with E-state index in [2.05, 4.69) is 183 Å². The molecule has 8 unspecified atom stereocenters. The van der Waals surface area contributed by atoms with Gasteiger partial charge < -0.3 is 4.90 Å². The van der Waals surface area contributed by atoms with E-state index in [-0.39, 0.29) is 10.8 Å². The van der Waals surface area contributed by atoms with Gasteiger partial charge >= 0.3 is 0 Å². The molecular weight excluding hydrogens is 639 g/mol. The Morgan fingerprint density at radius 1 is 0.283 bits per heavy atom. The molecule has 0 saturated heterocycles. The standard InChI is InChI=1S/C52H39N/c1-51-45-33-16-6-8-18-35(33)47(51)41-26-24-31(28-43(41)49(51)39-22-12-10-20-37(39)45)53(30-14-4-3-5-15-30)32-25-27-42-44(29-32)50-40-23-13-11-21-38(40)46-34-17-7-9-19-36(34)48(42)52(46,50)2/h3-29,45-50H,1-2H3. The van der Waals surface area contributed by atoms with Crippen molar-refractivity contribution in [1.29, 1.82) is 0 Å². The minimum Gasteiger partial charge on any atom is -0.310 e. The van der Waals surface area contributed by atoms with Crippen molar-refractivity contribution in [2.24, 2.45) is 10.8 Å². The van der Waals surface area contributed by atoms with Gasteiger partial charge in [-0.25, -0.2) is 0 Å². The van der Waals surface area contributed by atoms with E-state index in [0.29, 0.717) is 35.5 Å². The Morgan fingerprint density at radius 2 is 0.547 bits per heavy atom. The number of para-hydroxylation sites is 1. The predicted octanol–water partition coefficient (Wildman–Crippen LogP) is 12.6. The molecule has 0 bridgehead atoms. The zero-order chi connectivity index (χ0) is 34.8. The van der Waals surface area contributed by atoms with Crippen molar-refractivity contribution in [3.63, 3.8) is 0 Å². The maximum Gasteiger partial charge on any atom is 0.0464 e. The highest BCUT2D eigenvalue weighted by atomic mass is 15.1. The number of rotatable bonds is 3. The van der Waals surface area contributed by atoms with Crippen molar-refractivity contribution in [2.75, 3.05) is 4.90 Å². The van der Waals surface area contributed by atoms with Crippen LogP contribution in [-0.2, 0) is 0 Å². The fraction of sp³-hybridized carbons (Fsp3) is 0.192.